The average Bonchev–Trinajstić information content (AvgIpc) is 2.16. The van der Waals surface area contributed by atoms with Crippen molar-refractivity contribution in [3.63, 3.8) is 0 Å². The van der Waals surface area contributed by atoms with Crippen molar-refractivity contribution in [3.05, 3.63) is 42.0 Å². The smallest absolute Gasteiger partial charge is 0.138 e. The number of thioether (sulfide) groups is 1. The first kappa shape index (κ1) is 12.1. The van der Waals surface area contributed by atoms with Crippen LogP contribution in [0.5, 0.6) is 0 Å². The molecule has 15 heavy (non-hydrogen) atoms. The maximum Gasteiger partial charge on any atom is 0.138 e. The fraction of sp³-hybridized carbons (Fsp3) is 0.100. The standard InChI is InChI=1S/C10H9F2NS2/c1-6(15-10(14)13-2)7-3-8(11)5-9(12)4-7/h3-5H,1H2,2H3,(H,13,14). The van der Waals surface area contributed by atoms with Gasteiger partial charge in [-0.05, 0) is 17.7 Å². The third-order valence-electron chi connectivity index (χ3n) is 1.60. The summed E-state index contributed by atoms with van der Waals surface area (Å²) >= 11 is 6.06. The van der Waals surface area contributed by atoms with Crippen LogP contribution in [0.25, 0.3) is 4.91 Å². The number of halogens is 2. The molecule has 0 aromatic heterocycles. The molecule has 0 atom stereocenters. The highest BCUT2D eigenvalue weighted by Crippen LogP contribution is 2.27. The van der Waals surface area contributed by atoms with Crippen LogP contribution >= 0.6 is 24.0 Å². The van der Waals surface area contributed by atoms with Gasteiger partial charge in [-0.2, -0.15) is 0 Å². The van der Waals surface area contributed by atoms with Crippen LogP contribution in [0.1, 0.15) is 5.56 Å². The summed E-state index contributed by atoms with van der Waals surface area (Å²) in [5.74, 6) is -1.25. The van der Waals surface area contributed by atoms with Gasteiger partial charge in [-0.25, -0.2) is 8.78 Å². The summed E-state index contributed by atoms with van der Waals surface area (Å²) in [6, 6.07) is 3.26. The Balaban J connectivity index is 2.86. The van der Waals surface area contributed by atoms with Crippen molar-refractivity contribution in [1.29, 1.82) is 0 Å². The zero-order valence-electron chi connectivity index (χ0n) is 8.01. The second-order valence-electron chi connectivity index (χ2n) is 2.72. The molecule has 5 heteroatoms. The number of thiocarbonyl (C=S) groups is 1. The molecule has 0 amide bonds. The Bertz CT molecular complexity index is 384. The fourth-order valence-corrected chi connectivity index (χ4v) is 1.80. The van der Waals surface area contributed by atoms with Crippen LogP contribution in [0.2, 0.25) is 0 Å². The van der Waals surface area contributed by atoms with Gasteiger partial charge in [0.25, 0.3) is 0 Å². The lowest BCUT2D eigenvalue weighted by molar-refractivity contribution is 0.583. The number of rotatable bonds is 2. The minimum Gasteiger partial charge on any atom is -0.374 e. The maximum absolute atomic E-state index is 12.9. The first-order chi connectivity index (χ1) is 7.02. The van der Waals surface area contributed by atoms with E-state index in [1.54, 1.807) is 7.05 Å². The van der Waals surface area contributed by atoms with Gasteiger partial charge in [-0.3, -0.25) is 0 Å². The van der Waals surface area contributed by atoms with Gasteiger partial charge < -0.3 is 5.32 Å². The predicted molar refractivity (Wildman–Crippen MR) is 64.6 cm³/mol. The monoisotopic (exact) mass is 245 g/mol. The van der Waals surface area contributed by atoms with Crippen molar-refractivity contribution in [1.82, 2.24) is 5.32 Å². The van der Waals surface area contributed by atoms with Crippen LogP contribution in [0.15, 0.2) is 24.8 Å². The number of nitrogens with one attached hydrogen (secondary N) is 1. The van der Waals surface area contributed by atoms with E-state index in [9.17, 15) is 8.78 Å². The SMILES string of the molecule is C=C(SC(=S)NC)c1cc(F)cc(F)c1. The van der Waals surface area contributed by atoms with E-state index < -0.39 is 11.6 Å². The molecule has 1 aromatic carbocycles. The quantitative estimate of drug-likeness (QED) is 0.804. The first-order valence-electron chi connectivity index (χ1n) is 4.08. The summed E-state index contributed by atoms with van der Waals surface area (Å²) in [6.45, 7) is 3.70. The Morgan fingerprint density at radius 2 is 1.87 bits per heavy atom. The Kier molecular flexibility index (Phi) is 4.23. The lowest BCUT2D eigenvalue weighted by Gasteiger charge is -2.06. The Labute approximate surface area is 96.6 Å². The second kappa shape index (κ2) is 5.23. The number of hydrogen-bond donors (Lipinski definition) is 1. The molecular formula is C10H9F2NS2. The van der Waals surface area contributed by atoms with Gasteiger partial charge in [0.05, 0.1) is 0 Å². The zero-order chi connectivity index (χ0) is 11.4. The van der Waals surface area contributed by atoms with E-state index in [2.05, 4.69) is 11.9 Å². The predicted octanol–water partition coefficient (Wildman–Crippen LogP) is 3.17. The topological polar surface area (TPSA) is 12.0 Å². The van der Waals surface area contributed by atoms with E-state index in [0.717, 1.165) is 17.8 Å². The second-order valence-corrected chi connectivity index (χ2v) is 4.49. The highest BCUT2D eigenvalue weighted by molar-refractivity contribution is 8.29. The van der Waals surface area contributed by atoms with Crippen molar-refractivity contribution in [2.45, 2.75) is 0 Å². The van der Waals surface area contributed by atoms with E-state index in [1.807, 2.05) is 0 Å². The van der Waals surface area contributed by atoms with Crippen LogP contribution in [-0.2, 0) is 0 Å². The van der Waals surface area contributed by atoms with Crippen LogP contribution in [0.3, 0.4) is 0 Å². The van der Waals surface area contributed by atoms with Crippen LogP contribution in [0, 0.1) is 11.6 Å². The van der Waals surface area contributed by atoms with Crippen molar-refractivity contribution < 1.29 is 8.78 Å². The molecule has 0 fully saturated rings. The normalized spacial score (nSPS) is 9.80. The van der Waals surface area contributed by atoms with Crippen LogP contribution in [-0.4, -0.2) is 11.4 Å². The molecule has 80 valence electrons. The van der Waals surface area contributed by atoms with Gasteiger partial charge in [0.15, 0.2) is 0 Å². The average molecular weight is 245 g/mol. The maximum atomic E-state index is 12.9. The third kappa shape index (κ3) is 3.60. The molecule has 1 nitrogen and oxygen atoms in total. The fourth-order valence-electron chi connectivity index (χ4n) is 0.937. The highest BCUT2D eigenvalue weighted by atomic mass is 32.2. The molecule has 0 saturated heterocycles. The zero-order valence-corrected chi connectivity index (χ0v) is 9.64. The number of hydrogen-bond acceptors (Lipinski definition) is 2. The number of benzene rings is 1. The first-order valence-corrected chi connectivity index (χ1v) is 5.30. The molecule has 0 unspecified atom stereocenters. The summed E-state index contributed by atoms with van der Waals surface area (Å²) in [6.07, 6.45) is 0. The summed E-state index contributed by atoms with van der Waals surface area (Å²) in [5.41, 5.74) is 0.398. The molecule has 0 spiro atoms. The van der Waals surface area contributed by atoms with Gasteiger partial charge >= 0.3 is 0 Å². The molecule has 1 aromatic rings. The summed E-state index contributed by atoms with van der Waals surface area (Å²) in [7, 11) is 1.68. The van der Waals surface area contributed by atoms with Crippen LogP contribution < -0.4 is 5.32 Å². The Hall–Kier alpha value is -0.940. The summed E-state index contributed by atoms with van der Waals surface area (Å²) in [5, 5.41) is 2.74. The molecule has 0 saturated carbocycles. The van der Waals surface area contributed by atoms with E-state index in [1.165, 1.54) is 12.1 Å². The minimum absolute atomic E-state index is 0.398. The molecule has 1 rings (SSSR count). The van der Waals surface area contributed by atoms with Gasteiger partial charge in [-0.15, -0.1) is 0 Å². The van der Waals surface area contributed by atoms with Crippen molar-refractivity contribution in [2.75, 3.05) is 7.05 Å². The lowest BCUT2D eigenvalue weighted by Crippen LogP contribution is -2.10. The molecule has 0 heterocycles. The van der Waals surface area contributed by atoms with Gasteiger partial charge in [0.1, 0.15) is 16.0 Å². The molecular weight excluding hydrogens is 236 g/mol. The molecule has 0 aliphatic heterocycles. The van der Waals surface area contributed by atoms with E-state index in [-0.39, 0.29) is 0 Å². The van der Waals surface area contributed by atoms with E-state index >= 15 is 0 Å². The molecule has 0 bridgehead atoms. The summed E-state index contributed by atoms with van der Waals surface area (Å²) in [4.78, 5) is 0.507. The molecule has 0 aliphatic carbocycles. The van der Waals surface area contributed by atoms with Crippen molar-refractivity contribution in [3.8, 4) is 0 Å². The molecule has 0 radical (unpaired) electrons. The largest absolute Gasteiger partial charge is 0.374 e. The Morgan fingerprint density at radius 3 is 2.33 bits per heavy atom. The Morgan fingerprint density at radius 1 is 1.33 bits per heavy atom. The minimum atomic E-state index is -0.623. The van der Waals surface area contributed by atoms with Gasteiger partial charge in [0, 0.05) is 18.0 Å². The van der Waals surface area contributed by atoms with Crippen LogP contribution in [0.4, 0.5) is 8.78 Å². The highest BCUT2D eigenvalue weighted by Gasteiger charge is 2.06. The van der Waals surface area contributed by atoms with Crippen molar-refractivity contribution >= 4 is 33.2 Å². The van der Waals surface area contributed by atoms with E-state index in [4.69, 9.17) is 12.2 Å². The molecule has 1 N–H and O–H groups in total. The summed E-state index contributed by atoms with van der Waals surface area (Å²) < 4.78 is 26.2. The van der Waals surface area contributed by atoms with E-state index in [0.29, 0.717) is 14.8 Å². The van der Waals surface area contributed by atoms with Gasteiger partial charge in [0.2, 0.25) is 0 Å². The lowest BCUT2D eigenvalue weighted by atomic mass is 10.2. The van der Waals surface area contributed by atoms with Gasteiger partial charge in [-0.1, -0.05) is 30.6 Å². The molecule has 0 aliphatic rings. The third-order valence-corrected chi connectivity index (χ3v) is 2.93. The van der Waals surface area contributed by atoms with Crippen molar-refractivity contribution in [2.24, 2.45) is 0 Å².